The van der Waals surface area contributed by atoms with Gasteiger partial charge in [0.05, 0.1) is 25.9 Å². The number of carboxylic acid groups (broad SMARTS) is 1. The van der Waals surface area contributed by atoms with Crippen molar-refractivity contribution >= 4 is 29.4 Å². The molecule has 0 spiro atoms. The number of aromatic nitrogens is 1. The van der Waals surface area contributed by atoms with E-state index in [1.54, 1.807) is 13.0 Å². The molecule has 1 saturated carbocycles. The second-order valence-corrected chi connectivity index (χ2v) is 6.90. The van der Waals surface area contributed by atoms with Crippen molar-refractivity contribution in [3.05, 3.63) is 24.0 Å². The van der Waals surface area contributed by atoms with E-state index in [4.69, 9.17) is 21.7 Å². The molecule has 1 aromatic rings. The summed E-state index contributed by atoms with van der Waals surface area (Å²) in [5.41, 5.74) is 2.78. The number of hydrogen-bond donors (Lipinski definition) is 2. The van der Waals surface area contributed by atoms with Gasteiger partial charge in [-0.3, -0.25) is 19.9 Å². The van der Waals surface area contributed by atoms with Crippen molar-refractivity contribution < 1.29 is 24.2 Å². The Bertz CT molecular complexity index is 705. The summed E-state index contributed by atoms with van der Waals surface area (Å²) in [6, 6.07) is 3.63. The molecule has 0 bridgehead atoms. The number of amides is 1. The molecule has 1 aliphatic heterocycles. The number of aromatic carboxylic acids is 1. The van der Waals surface area contributed by atoms with Crippen molar-refractivity contribution in [1.29, 1.82) is 0 Å². The van der Waals surface area contributed by atoms with Crippen molar-refractivity contribution in [3.8, 4) is 0 Å². The average Bonchev–Trinajstić information content (AvgIpc) is 3.39. The Kier molecular flexibility index (Phi) is 6.30. The molecule has 1 aromatic heterocycles. The van der Waals surface area contributed by atoms with Gasteiger partial charge in [-0.2, -0.15) is 0 Å². The minimum Gasteiger partial charge on any atom is -0.477 e. The lowest BCUT2D eigenvalue weighted by molar-refractivity contribution is -0.0383. The number of rotatable bonds is 6. The molecule has 1 unspecified atom stereocenters. The molecule has 0 radical (unpaired) electrons. The van der Waals surface area contributed by atoms with Crippen LogP contribution in [0.5, 0.6) is 0 Å². The van der Waals surface area contributed by atoms with Gasteiger partial charge in [0.25, 0.3) is 0 Å². The number of thiocarbonyl (C=S) groups is 1. The Balaban J connectivity index is 1.68. The van der Waals surface area contributed by atoms with Gasteiger partial charge >= 0.3 is 12.1 Å². The number of carboxylic acids is 1. The molecular formula is C17H24N4O5S. The van der Waals surface area contributed by atoms with E-state index in [0.717, 1.165) is 13.1 Å². The summed E-state index contributed by atoms with van der Waals surface area (Å²) < 4.78 is 12.2. The SMILES string of the molecule is CCOC(=O)N(CC1CN(C2CC2)CCO1)C(=S)Nn1cccc1C(=O)O. The van der Waals surface area contributed by atoms with Crippen molar-refractivity contribution in [2.24, 2.45) is 0 Å². The van der Waals surface area contributed by atoms with E-state index in [-0.39, 0.29) is 30.1 Å². The topological polar surface area (TPSA) is 96.3 Å². The zero-order chi connectivity index (χ0) is 19.4. The first-order chi connectivity index (χ1) is 13.0. The van der Waals surface area contributed by atoms with Crippen LogP contribution >= 0.6 is 12.2 Å². The van der Waals surface area contributed by atoms with Crippen molar-refractivity contribution in [2.45, 2.75) is 31.9 Å². The lowest BCUT2D eigenvalue weighted by atomic mass is 10.2. The highest BCUT2D eigenvalue weighted by Gasteiger charge is 2.35. The van der Waals surface area contributed by atoms with Crippen LogP contribution in [0.4, 0.5) is 4.79 Å². The summed E-state index contributed by atoms with van der Waals surface area (Å²) in [6.45, 7) is 4.40. The standard InChI is InChI=1S/C17H24N4O5S/c1-2-25-17(24)20(11-13-10-19(8-9-26-13)12-5-6-12)16(27)18-21-7-3-4-14(21)15(22)23/h3-4,7,12-13H,2,5-6,8-11H2,1H3,(H,18,27)(H,22,23). The van der Waals surface area contributed by atoms with E-state index in [1.807, 2.05) is 0 Å². The fourth-order valence-corrected chi connectivity index (χ4v) is 3.33. The van der Waals surface area contributed by atoms with Gasteiger partial charge in [-0.1, -0.05) is 0 Å². The Labute approximate surface area is 162 Å². The normalized spacial score (nSPS) is 20.1. The summed E-state index contributed by atoms with van der Waals surface area (Å²) in [4.78, 5) is 27.3. The number of nitrogens with zero attached hydrogens (tertiary/aromatic N) is 3. The summed E-state index contributed by atoms with van der Waals surface area (Å²) in [5, 5.41) is 9.27. The van der Waals surface area contributed by atoms with Gasteiger partial charge in [-0.25, -0.2) is 9.59 Å². The molecule has 2 N–H and O–H groups in total. The maximum atomic E-state index is 12.4. The highest BCUT2D eigenvalue weighted by atomic mass is 32.1. The largest absolute Gasteiger partial charge is 0.477 e. The van der Waals surface area contributed by atoms with E-state index in [2.05, 4.69) is 10.3 Å². The molecule has 1 amide bonds. The van der Waals surface area contributed by atoms with E-state index in [0.29, 0.717) is 12.6 Å². The van der Waals surface area contributed by atoms with E-state index in [9.17, 15) is 14.7 Å². The van der Waals surface area contributed by atoms with Crippen LogP contribution in [-0.2, 0) is 9.47 Å². The summed E-state index contributed by atoms with van der Waals surface area (Å²) in [7, 11) is 0. The highest BCUT2D eigenvalue weighted by molar-refractivity contribution is 7.80. The van der Waals surface area contributed by atoms with Crippen LogP contribution in [0.3, 0.4) is 0 Å². The molecule has 148 valence electrons. The molecule has 1 saturated heterocycles. The summed E-state index contributed by atoms with van der Waals surface area (Å²) in [6.07, 6.45) is 3.16. The van der Waals surface area contributed by atoms with Crippen LogP contribution in [-0.4, -0.2) is 81.8 Å². The maximum absolute atomic E-state index is 12.4. The van der Waals surface area contributed by atoms with Crippen LogP contribution in [0.1, 0.15) is 30.3 Å². The molecule has 27 heavy (non-hydrogen) atoms. The van der Waals surface area contributed by atoms with Gasteiger partial charge in [-0.15, -0.1) is 0 Å². The van der Waals surface area contributed by atoms with Gasteiger partial charge in [-0.05, 0) is 44.1 Å². The fraction of sp³-hybridized carbons (Fsp3) is 0.588. The monoisotopic (exact) mass is 396 g/mol. The predicted octanol–water partition coefficient (Wildman–Crippen LogP) is 1.34. The predicted molar refractivity (Wildman–Crippen MR) is 101 cm³/mol. The molecule has 10 heteroatoms. The van der Waals surface area contributed by atoms with Crippen molar-refractivity contribution in [3.63, 3.8) is 0 Å². The van der Waals surface area contributed by atoms with Crippen LogP contribution in [0.25, 0.3) is 0 Å². The first-order valence-corrected chi connectivity index (χ1v) is 9.42. The van der Waals surface area contributed by atoms with Crippen LogP contribution in [0.2, 0.25) is 0 Å². The van der Waals surface area contributed by atoms with Crippen molar-refractivity contribution in [1.82, 2.24) is 14.5 Å². The number of nitrogens with one attached hydrogen (secondary N) is 1. The van der Waals surface area contributed by atoms with Crippen LogP contribution < -0.4 is 5.43 Å². The second kappa shape index (κ2) is 8.68. The highest BCUT2D eigenvalue weighted by Crippen LogP contribution is 2.28. The van der Waals surface area contributed by atoms with Crippen molar-refractivity contribution in [2.75, 3.05) is 38.3 Å². The lowest BCUT2D eigenvalue weighted by Crippen LogP contribution is -2.52. The van der Waals surface area contributed by atoms with Gasteiger partial charge in [0.1, 0.15) is 5.69 Å². The molecule has 2 fully saturated rings. The van der Waals surface area contributed by atoms with Gasteiger partial charge in [0.15, 0.2) is 5.11 Å². The van der Waals surface area contributed by atoms with Gasteiger partial charge < -0.3 is 14.6 Å². The maximum Gasteiger partial charge on any atom is 0.416 e. The zero-order valence-corrected chi connectivity index (χ0v) is 16.0. The smallest absolute Gasteiger partial charge is 0.416 e. The van der Waals surface area contributed by atoms with E-state index < -0.39 is 12.1 Å². The molecule has 2 heterocycles. The number of morpholine rings is 1. The van der Waals surface area contributed by atoms with Gasteiger partial charge in [0.2, 0.25) is 0 Å². The number of ether oxygens (including phenoxy) is 2. The van der Waals surface area contributed by atoms with Gasteiger partial charge in [0, 0.05) is 25.3 Å². The molecular weight excluding hydrogens is 372 g/mol. The number of hydrogen-bond acceptors (Lipinski definition) is 6. The summed E-state index contributed by atoms with van der Waals surface area (Å²) in [5.74, 6) is -1.10. The third-order valence-electron chi connectivity index (χ3n) is 4.54. The van der Waals surface area contributed by atoms with Crippen LogP contribution in [0, 0.1) is 0 Å². The lowest BCUT2D eigenvalue weighted by Gasteiger charge is -2.35. The zero-order valence-electron chi connectivity index (χ0n) is 15.2. The molecule has 3 rings (SSSR count). The molecule has 0 aromatic carbocycles. The van der Waals surface area contributed by atoms with E-state index >= 15 is 0 Å². The Morgan fingerprint density at radius 2 is 2.26 bits per heavy atom. The fourth-order valence-electron chi connectivity index (χ4n) is 3.09. The molecule has 9 nitrogen and oxygen atoms in total. The van der Waals surface area contributed by atoms with E-state index in [1.165, 1.54) is 34.7 Å². The number of carbonyl (C=O) groups excluding carboxylic acids is 1. The molecule has 2 aliphatic rings. The first-order valence-electron chi connectivity index (χ1n) is 9.01. The molecule has 1 aliphatic carbocycles. The number of carbonyl (C=O) groups is 2. The first kappa shape index (κ1) is 19.6. The quantitative estimate of drug-likeness (QED) is 0.696. The molecule has 1 atom stereocenters. The minimum absolute atomic E-state index is 0.00924. The third-order valence-corrected chi connectivity index (χ3v) is 4.85. The Morgan fingerprint density at radius 3 is 2.93 bits per heavy atom. The average molecular weight is 396 g/mol. The second-order valence-electron chi connectivity index (χ2n) is 6.51. The Morgan fingerprint density at radius 1 is 1.48 bits per heavy atom. The minimum atomic E-state index is -1.10. The Hall–Kier alpha value is -2.17. The summed E-state index contributed by atoms with van der Waals surface area (Å²) >= 11 is 5.35. The van der Waals surface area contributed by atoms with Crippen LogP contribution in [0.15, 0.2) is 18.3 Å². The third kappa shape index (κ3) is 4.96.